The van der Waals surface area contributed by atoms with Gasteiger partial charge in [-0.15, -0.1) is 0 Å². The van der Waals surface area contributed by atoms with E-state index in [1.807, 2.05) is 42.9 Å². The summed E-state index contributed by atoms with van der Waals surface area (Å²) in [5.74, 6) is 1.36. The van der Waals surface area contributed by atoms with Crippen LogP contribution in [0.25, 0.3) is 0 Å². The Labute approximate surface area is 198 Å². The molecule has 1 aliphatic heterocycles. The van der Waals surface area contributed by atoms with Gasteiger partial charge in [-0.3, -0.25) is 4.68 Å². The Balaban J connectivity index is 1.44. The van der Waals surface area contributed by atoms with Gasteiger partial charge in [0.05, 0.1) is 18.8 Å². The van der Waals surface area contributed by atoms with E-state index in [-0.39, 0.29) is 17.5 Å². The lowest BCUT2D eigenvalue weighted by Crippen LogP contribution is -2.55. The summed E-state index contributed by atoms with van der Waals surface area (Å²) >= 11 is 0. The van der Waals surface area contributed by atoms with Crippen LogP contribution in [0.4, 0.5) is 4.79 Å². The molecule has 1 aromatic carbocycles. The molecule has 2 fully saturated rings. The predicted molar refractivity (Wildman–Crippen MR) is 130 cm³/mol. The standard InChI is InChI=1S/C26H39N5O2/c1-19(2)17-33-23-8-6-21(7-9-23)15-27-25(32)31(16-22-14-20(3)30(5)28-22)24-10-13-29(4)18-26(24)11-12-26/h6-9,14,19,24H,10-13,15-18H2,1-5H3,(H,27,32). The molecule has 2 heterocycles. The number of nitrogens with zero attached hydrogens (tertiary/aromatic N) is 4. The topological polar surface area (TPSA) is 62.6 Å². The number of urea groups is 1. The molecular weight excluding hydrogens is 414 g/mol. The second-order valence-corrected chi connectivity index (χ2v) is 10.4. The quantitative estimate of drug-likeness (QED) is 0.657. The van der Waals surface area contributed by atoms with Gasteiger partial charge in [-0.05, 0) is 69.5 Å². The zero-order valence-electron chi connectivity index (χ0n) is 20.8. The zero-order valence-corrected chi connectivity index (χ0v) is 20.8. The van der Waals surface area contributed by atoms with Gasteiger partial charge in [0, 0.05) is 37.3 Å². The molecular formula is C26H39N5O2. The minimum atomic E-state index is -0.000677. The molecule has 1 spiro atoms. The van der Waals surface area contributed by atoms with Crippen LogP contribution in [-0.2, 0) is 20.1 Å². The smallest absolute Gasteiger partial charge is 0.318 e. The highest BCUT2D eigenvalue weighted by Crippen LogP contribution is 2.54. The predicted octanol–water partition coefficient (Wildman–Crippen LogP) is 3.96. The third-order valence-corrected chi connectivity index (χ3v) is 7.05. The van der Waals surface area contributed by atoms with Gasteiger partial charge in [-0.2, -0.15) is 5.10 Å². The van der Waals surface area contributed by atoms with Crippen molar-refractivity contribution in [1.82, 2.24) is 24.9 Å². The minimum Gasteiger partial charge on any atom is -0.493 e. The average molecular weight is 454 g/mol. The number of ether oxygens (including phenoxy) is 1. The molecule has 180 valence electrons. The van der Waals surface area contributed by atoms with E-state index in [1.54, 1.807) is 0 Å². The number of nitrogens with one attached hydrogen (secondary N) is 1. The lowest BCUT2D eigenvalue weighted by atomic mass is 9.87. The number of carbonyl (C=O) groups excluding carboxylic acids is 1. The first-order valence-corrected chi connectivity index (χ1v) is 12.2. The van der Waals surface area contributed by atoms with Gasteiger partial charge in [0.2, 0.25) is 0 Å². The van der Waals surface area contributed by atoms with Crippen LogP contribution in [0.5, 0.6) is 5.75 Å². The van der Waals surface area contributed by atoms with Gasteiger partial charge < -0.3 is 19.9 Å². The van der Waals surface area contributed by atoms with Crippen molar-refractivity contribution in [2.24, 2.45) is 18.4 Å². The third-order valence-electron chi connectivity index (χ3n) is 7.05. The molecule has 0 bridgehead atoms. The fourth-order valence-corrected chi connectivity index (χ4v) is 4.97. The van der Waals surface area contributed by atoms with E-state index >= 15 is 0 Å². The number of hydrogen-bond donors (Lipinski definition) is 1. The number of hydrogen-bond acceptors (Lipinski definition) is 4. The number of piperidine rings is 1. The fourth-order valence-electron chi connectivity index (χ4n) is 4.97. The van der Waals surface area contributed by atoms with E-state index in [1.165, 1.54) is 12.8 Å². The van der Waals surface area contributed by atoms with Crippen molar-refractivity contribution >= 4 is 6.03 Å². The number of benzene rings is 1. The summed E-state index contributed by atoms with van der Waals surface area (Å²) in [6.07, 6.45) is 3.41. The summed E-state index contributed by atoms with van der Waals surface area (Å²) < 4.78 is 7.66. The Morgan fingerprint density at radius 2 is 2.00 bits per heavy atom. The summed E-state index contributed by atoms with van der Waals surface area (Å²) in [5.41, 5.74) is 3.36. The second kappa shape index (κ2) is 9.75. The Kier molecular flexibility index (Phi) is 6.98. The molecule has 2 amide bonds. The second-order valence-electron chi connectivity index (χ2n) is 10.4. The molecule has 0 radical (unpaired) electrons. The first-order valence-electron chi connectivity index (χ1n) is 12.2. The van der Waals surface area contributed by atoms with E-state index in [4.69, 9.17) is 4.74 Å². The summed E-state index contributed by atoms with van der Waals surface area (Å²) in [6, 6.07) is 10.4. The monoisotopic (exact) mass is 453 g/mol. The van der Waals surface area contributed by atoms with Crippen molar-refractivity contribution in [2.75, 3.05) is 26.7 Å². The largest absolute Gasteiger partial charge is 0.493 e. The maximum Gasteiger partial charge on any atom is 0.318 e. The number of rotatable bonds is 8. The van der Waals surface area contributed by atoms with E-state index in [9.17, 15) is 4.79 Å². The lowest BCUT2D eigenvalue weighted by Gasteiger charge is -2.43. The number of amides is 2. The number of aryl methyl sites for hydroxylation is 2. The van der Waals surface area contributed by atoms with E-state index < -0.39 is 0 Å². The molecule has 2 aromatic rings. The number of likely N-dealkylation sites (tertiary alicyclic amines) is 1. The van der Waals surface area contributed by atoms with E-state index in [0.717, 1.165) is 42.2 Å². The summed E-state index contributed by atoms with van der Waals surface area (Å²) in [6.45, 7) is 10.2. The van der Waals surface area contributed by atoms with Crippen LogP contribution in [0.15, 0.2) is 30.3 Å². The highest BCUT2D eigenvalue weighted by molar-refractivity contribution is 5.74. The van der Waals surface area contributed by atoms with Gasteiger partial charge in [0.1, 0.15) is 5.75 Å². The van der Waals surface area contributed by atoms with Crippen LogP contribution in [0.3, 0.4) is 0 Å². The van der Waals surface area contributed by atoms with Crippen molar-refractivity contribution in [1.29, 1.82) is 0 Å². The lowest BCUT2D eigenvalue weighted by molar-refractivity contribution is 0.0669. The van der Waals surface area contributed by atoms with E-state index in [0.29, 0.717) is 25.6 Å². The molecule has 1 saturated heterocycles. The van der Waals surface area contributed by atoms with Crippen LogP contribution in [-0.4, -0.2) is 58.4 Å². The zero-order chi connectivity index (χ0) is 23.6. The Morgan fingerprint density at radius 1 is 1.27 bits per heavy atom. The van der Waals surface area contributed by atoms with Crippen LogP contribution in [0, 0.1) is 18.3 Å². The Morgan fingerprint density at radius 3 is 2.61 bits per heavy atom. The molecule has 1 aromatic heterocycles. The minimum absolute atomic E-state index is 0.000677. The van der Waals surface area contributed by atoms with Crippen LogP contribution < -0.4 is 10.1 Å². The first kappa shape index (κ1) is 23.6. The summed E-state index contributed by atoms with van der Waals surface area (Å²) in [5, 5.41) is 7.82. The molecule has 1 N–H and O–H groups in total. The molecule has 1 unspecified atom stereocenters. The Hall–Kier alpha value is -2.54. The van der Waals surface area contributed by atoms with Crippen molar-refractivity contribution < 1.29 is 9.53 Å². The third kappa shape index (κ3) is 5.69. The molecule has 1 atom stereocenters. The molecule has 1 saturated carbocycles. The SMILES string of the molecule is Cc1cc(CN(C(=O)NCc2ccc(OCC(C)C)cc2)C2CCN(C)CC23CC3)nn1C. The fraction of sp³-hybridized carbons (Fsp3) is 0.615. The van der Waals surface area contributed by atoms with Gasteiger partial charge in [0.25, 0.3) is 0 Å². The van der Waals surface area contributed by atoms with Gasteiger partial charge in [-0.1, -0.05) is 26.0 Å². The average Bonchev–Trinajstić information content (AvgIpc) is 3.46. The van der Waals surface area contributed by atoms with Crippen molar-refractivity contribution in [3.05, 3.63) is 47.3 Å². The summed E-state index contributed by atoms with van der Waals surface area (Å²) in [7, 11) is 4.15. The molecule has 33 heavy (non-hydrogen) atoms. The van der Waals surface area contributed by atoms with E-state index in [2.05, 4.69) is 47.2 Å². The van der Waals surface area contributed by atoms with Crippen LogP contribution in [0.1, 0.15) is 50.1 Å². The first-order chi connectivity index (χ1) is 15.8. The molecule has 2 aliphatic rings. The normalized spacial score (nSPS) is 19.6. The summed E-state index contributed by atoms with van der Waals surface area (Å²) in [4.78, 5) is 18.0. The molecule has 7 heteroatoms. The Bertz CT molecular complexity index is 929. The number of aromatic nitrogens is 2. The maximum absolute atomic E-state index is 13.5. The molecule has 7 nitrogen and oxygen atoms in total. The van der Waals surface area contributed by atoms with Crippen molar-refractivity contribution in [3.63, 3.8) is 0 Å². The van der Waals surface area contributed by atoms with Gasteiger partial charge in [-0.25, -0.2) is 4.79 Å². The highest BCUT2D eigenvalue weighted by Gasteiger charge is 2.54. The maximum atomic E-state index is 13.5. The van der Waals surface area contributed by atoms with Crippen LogP contribution in [0.2, 0.25) is 0 Å². The van der Waals surface area contributed by atoms with Crippen LogP contribution >= 0.6 is 0 Å². The van der Waals surface area contributed by atoms with Gasteiger partial charge >= 0.3 is 6.03 Å². The highest BCUT2D eigenvalue weighted by atomic mass is 16.5. The van der Waals surface area contributed by atoms with Gasteiger partial charge in [0.15, 0.2) is 0 Å². The number of carbonyl (C=O) groups is 1. The van der Waals surface area contributed by atoms with Crippen molar-refractivity contribution in [3.8, 4) is 5.75 Å². The van der Waals surface area contributed by atoms with Crippen molar-refractivity contribution in [2.45, 2.75) is 59.2 Å². The molecule has 4 rings (SSSR count). The molecule has 1 aliphatic carbocycles.